The van der Waals surface area contributed by atoms with Crippen molar-refractivity contribution in [1.82, 2.24) is 4.90 Å². The number of nitrogens with zero attached hydrogens (tertiary/aromatic N) is 1. The van der Waals surface area contributed by atoms with Gasteiger partial charge in [-0.1, -0.05) is 39.8 Å². The van der Waals surface area contributed by atoms with Crippen molar-refractivity contribution in [2.45, 2.75) is 72.6 Å². The second-order valence-corrected chi connectivity index (χ2v) is 6.14. The predicted octanol–water partition coefficient (Wildman–Crippen LogP) is 5.27. The van der Waals surface area contributed by atoms with Gasteiger partial charge in [-0.2, -0.15) is 0 Å². The van der Waals surface area contributed by atoms with Crippen molar-refractivity contribution < 1.29 is 0 Å². The molecule has 0 amide bonds. The van der Waals surface area contributed by atoms with Gasteiger partial charge in [0.05, 0.1) is 0 Å². The van der Waals surface area contributed by atoms with Crippen molar-refractivity contribution in [3.05, 3.63) is 34.4 Å². The van der Waals surface area contributed by atoms with Crippen molar-refractivity contribution >= 4 is 0 Å². The lowest BCUT2D eigenvalue weighted by Gasteiger charge is -2.39. The smallest absolute Gasteiger partial charge is 0.00133 e. The van der Waals surface area contributed by atoms with Crippen LogP contribution in [-0.4, -0.2) is 25.0 Å². The standard InChI is InChI=1S/C16H23N.2C2H6/c1-12-4-5-13(2)15-14(12)6-7-16(15)8-10-17(3)11-9-16;2*1-2/h4-5H,6-11H2,1-3H3;2*1-2H3. The van der Waals surface area contributed by atoms with Gasteiger partial charge in [0.2, 0.25) is 0 Å². The molecule has 2 aliphatic rings. The van der Waals surface area contributed by atoms with E-state index in [0.717, 1.165) is 0 Å². The molecule has 120 valence electrons. The molecule has 0 unspecified atom stereocenters. The summed E-state index contributed by atoms with van der Waals surface area (Å²) in [6, 6.07) is 4.64. The Bertz CT molecular complexity index is 439. The Morgan fingerprint density at radius 3 is 1.95 bits per heavy atom. The van der Waals surface area contributed by atoms with Gasteiger partial charge < -0.3 is 4.90 Å². The highest BCUT2D eigenvalue weighted by molar-refractivity contribution is 5.49. The number of likely N-dealkylation sites (tertiary alicyclic amines) is 1. The minimum atomic E-state index is 0.526. The van der Waals surface area contributed by atoms with Gasteiger partial charge in [-0.15, -0.1) is 0 Å². The Labute approximate surface area is 132 Å². The van der Waals surface area contributed by atoms with E-state index in [1.54, 1.807) is 11.1 Å². The van der Waals surface area contributed by atoms with Crippen LogP contribution in [0, 0.1) is 13.8 Å². The van der Waals surface area contributed by atoms with Crippen LogP contribution < -0.4 is 0 Å². The van der Waals surface area contributed by atoms with Crippen LogP contribution in [0.3, 0.4) is 0 Å². The SMILES string of the molecule is CC.CC.Cc1ccc(C)c2c1CCC21CCN(C)CC1. The summed E-state index contributed by atoms with van der Waals surface area (Å²) in [5.41, 5.74) is 6.98. The predicted molar refractivity (Wildman–Crippen MR) is 95.3 cm³/mol. The molecule has 1 fully saturated rings. The number of piperidine rings is 1. The number of rotatable bonds is 0. The van der Waals surface area contributed by atoms with Crippen LogP contribution in [0.4, 0.5) is 0 Å². The fourth-order valence-corrected chi connectivity index (χ4v) is 3.97. The van der Waals surface area contributed by atoms with Crippen LogP contribution in [0.5, 0.6) is 0 Å². The third-order valence-corrected chi connectivity index (χ3v) is 5.08. The normalized spacial score (nSPS) is 19.2. The lowest BCUT2D eigenvalue weighted by Crippen LogP contribution is -2.39. The molecule has 1 aliphatic carbocycles. The summed E-state index contributed by atoms with van der Waals surface area (Å²) in [6.07, 6.45) is 5.43. The summed E-state index contributed by atoms with van der Waals surface area (Å²) in [6.45, 7) is 15.1. The lowest BCUT2D eigenvalue weighted by atomic mass is 9.72. The van der Waals surface area contributed by atoms with E-state index in [2.05, 4.69) is 37.9 Å². The summed E-state index contributed by atoms with van der Waals surface area (Å²) < 4.78 is 0. The van der Waals surface area contributed by atoms with Gasteiger partial charge >= 0.3 is 0 Å². The molecule has 0 atom stereocenters. The molecule has 1 heterocycles. The molecule has 0 aromatic heterocycles. The second kappa shape index (κ2) is 7.98. The molecule has 1 aliphatic heterocycles. The fourth-order valence-electron chi connectivity index (χ4n) is 3.97. The maximum absolute atomic E-state index is 2.48. The Balaban J connectivity index is 0.000000510. The van der Waals surface area contributed by atoms with Crippen LogP contribution in [0.1, 0.15) is 69.2 Å². The number of aryl methyl sites for hydroxylation is 2. The van der Waals surface area contributed by atoms with E-state index in [0.29, 0.717) is 5.41 Å². The average molecular weight is 290 g/mol. The molecule has 1 heteroatoms. The first-order valence-corrected chi connectivity index (χ1v) is 8.90. The maximum atomic E-state index is 2.48. The van der Waals surface area contributed by atoms with E-state index in [1.165, 1.54) is 49.9 Å². The molecular formula is C20H35N. The van der Waals surface area contributed by atoms with E-state index in [-0.39, 0.29) is 0 Å². The fraction of sp³-hybridized carbons (Fsp3) is 0.700. The van der Waals surface area contributed by atoms with Crippen LogP contribution in [0.15, 0.2) is 12.1 Å². The summed E-state index contributed by atoms with van der Waals surface area (Å²) in [5, 5.41) is 0. The highest BCUT2D eigenvalue weighted by Gasteiger charge is 2.41. The molecule has 0 N–H and O–H groups in total. The number of hydrogen-bond donors (Lipinski definition) is 0. The molecule has 1 saturated heterocycles. The average Bonchev–Trinajstić information content (AvgIpc) is 2.91. The molecule has 1 aromatic rings. The first-order valence-electron chi connectivity index (χ1n) is 8.90. The summed E-state index contributed by atoms with van der Waals surface area (Å²) >= 11 is 0. The van der Waals surface area contributed by atoms with Crippen molar-refractivity contribution in [1.29, 1.82) is 0 Å². The minimum absolute atomic E-state index is 0.526. The molecule has 1 spiro atoms. The second-order valence-electron chi connectivity index (χ2n) is 6.14. The van der Waals surface area contributed by atoms with Crippen LogP contribution >= 0.6 is 0 Å². The van der Waals surface area contributed by atoms with Gasteiger partial charge in [-0.25, -0.2) is 0 Å². The zero-order valence-corrected chi connectivity index (χ0v) is 15.3. The van der Waals surface area contributed by atoms with Crippen LogP contribution in [0.25, 0.3) is 0 Å². The zero-order valence-electron chi connectivity index (χ0n) is 15.3. The summed E-state index contributed by atoms with van der Waals surface area (Å²) in [5.74, 6) is 0. The van der Waals surface area contributed by atoms with Gasteiger partial charge in [-0.05, 0) is 87.3 Å². The largest absolute Gasteiger partial charge is 0.306 e. The molecule has 0 bridgehead atoms. The molecule has 21 heavy (non-hydrogen) atoms. The maximum Gasteiger partial charge on any atom is -0.00133 e. The summed E-state index contributed by atoms with van der Waals surface area (Å²) in [4.78, 5) is 2.48. The van der Waals surface area contributed by atoms with Gasteiger partial charge in [0.25, 0.3) is 0 Å². The summed E-state index contributed by atoms with van der Waals surface area (Å²) in [7, 11) is 2.26. The highest BCUT2D eigenvalue weighted by atomic mass is 15.1. The van der Waals surface area contributed by atoms with Gasteiger partial charge in [0, 0.05) is 0 Å². The van der Waals surface area contributed by atoms with E-state index in [4.69, 9.17) is 0 Å². The molecule has 0 radical (unpaired) electrons. The van der Waals surface area contributed by atoms with Crippen molar-refractivity contribution in [2.24, 2.45) is 0 Å². The monoisotopic (exact) mass is 289 g/mol. The highest BCUT2D eigenvalue weighted by Crippen LogP contribution is 2.48. The molecule has 1 nitrogen and oxygen atoms in total. The third kappa shape index (κ3) is 3.51. The van der Waals surface area contributed by atoms with Crippen LogP contribution in [-0.2, 0) is 11.8 Å². The van der Waals surface area contributed by atoms with E-state index < -0.39 is 0 Å². The third-order valence-electron chi connectivity index (χ3n) is 5.08. The first kappa shape index (κ1) is 18.2. The Kier molecular flexibility index (Phi) is 6.93. The van der Waals surface area contributed by atoms with Gasteiger partial charge in [0.1, 0.15) is 0 Å². The quantitative estimate of drug-likeness (QED) is 0.629. The first-order chi connectivity index (χ1) is 10.1. The number of fused-ring (bicyclic) bond motifs is 2. The number of hydrogen-bond acceptors (Lipinski definition) is 1. The molecule has 3 rings (SSSR count). The topological polar surface area (TPSA) is 3.24 Å². The van der Waals surface area contributed by atoms with E-state index >= 15 is 0 Å². The van der Waals surface area contributed by atoms with Crippen LogP contribution in [0.2, 0.25) is 0 Å². The molecule has 1 aromatic carbocycles. The van der Waals surface area contributed by atoms with E-state index in [1.807, 2.05) is 27.7 Å². The Morgan fingerprint density at radius 2 is 1.38 bits per heavy atom. The van der Waals surface area contributed by atoms with E-state index in [9.17, 15) is 0 Å². The van der Waals surface area contributed by atoms with Crippen molar-refractivity contribution in [3.8, 4) is 0 Å². The van der Waals surface area contributed by atoms with Crippen molar-refractivity contribution in [3.63, 3.8) is 0 Å². The lowest BCUT2D eigenvalue weighted by molar-refractivity contribution is 0.186. The number of benzene rings is 1. The Morgan fingerprint density at radius 1 is 0.857 bits per heavy atom. The minimum Gasteiger partial charge on any atom is -0.306 e. The molecule has 0 saturated carbocycles. The molecular weight excluding hydrogens is 254 g/mol. The van der Waals surface area contributed by atoms with Gasteiger partial charge in [0.15, 0.2) is 0 Å². The zero-order chi connectivity index (χ0) is 16.0. The van der Waals surface area contributed by atoms with Crippen molar-refractivity contribution in [2.75, 3.05) is 20.1 Å². The Hall–Kier alpha value is -0.820. The van der Waals surface area contributed by atoms with Gasteiger partial charge in [-0.3, -0.25) is 0 Å².